The van der Waals surface area contributed by atoms with Gasteiger partial charge in [0.25, 0.3) is 0 Å². The number of amides is 2. The fourth-order valence-corrected chi connectivity index (χ4v) is 2.67. The van der Waals surface area contributed by atoms with E-state index in [9.17, 15) is 9.59 Å². The van der Waals surface area contributed by atoms with Gasteiger partial charge in [-0.15, -0.1) is 0 Å². The van der Waals surface area contributed by atoms with Gasteiger partial charge in [-0.05, 0) is 17.6 Å². The molecule has 2 aliphatic rings. The normalized spacial score (nSPS) is 19.3. The first kappa shape index (κ1) is 13.8. The Morgan fingerprint density at radius 1 is 1.19 bits per heavy atom. The number of cyclic esters (lactones) is 1. The number of hydrogen-bond donors (Lipinski definition) is 0. The number of nitrogens with zero attached hydrogens (tertiary/aromatic N) is 2. The Morgan fingerprint density at radius 3 is 2.62 bits per heavy atom. The molecule has 5 nitrogen and oxygen atoms in total. The van der Waals surface area contributed by atoms with Crippen LogP contribution in [0, 0.1) is 0 Å². The van der Waals surface area contributed by atoms with Crippen LogP contribution in [-0.4, -0.2) is 54.6 Å². The van der Waals surface area contributed by atoms with Gasteiger partial charge in [-0.1, -0.05) is 36.4 Å². The van der Waals surface area contributed by atoms with Gasteiger partial charge in [0.15, 0.2) is 0 Å². The average molecular weight is 286 g/mol. The molecule has 0 aliphatic carbocycles. The SMILES string of the molecule is O=C(CN1CC=C(c2ccccc2)CC1)N1CCOC1=O. The number of carbonyl (C=O) groups excluding carboxylic acids is 2. The van der Waals surface area contributed by atoms with Crippen LogP contribution in [0.5, 0.6) is 0 Å². The van der Waals surface area contributed by atoms with E-state index in [1.54, 1.807) is 0 Å². The molecule has 1 fully saturated rings. The minimum Gasteiger partial charge on any atom is -0.447 e. The lowest BCUT2D eigenvalue weighted by Gasteiger charge is -2.26. The van der Waals surface area contributed by atoms with Gasteiger partial charge in [-0.2, -0.15) is 0 Å². The Labute approximate surface area is 123 Å². The van der Waals surface area contributed by atoms with Crippen LogP contribution in [-0.2, 0) is 9.53 Å². The summed E-state index contributed by atoms with van der Waals surface area (Å²) < 4.78 is 4.79. The summed E-state index contributed by atoms with van der Waals surface area (Å²) in [5.74, 6) is -0.172. The molecule has 5 heteroatoms. The predicted molar refractivity (Wildman–Crippen MR) is 78.5 cm³/mol. The Kier molecular flexibility index (Phi) is 4.01. The van der Waals surface area contributed by atoms with Crippen molar-refractivity contribution in [3.05, 3.63) is 42.0 Å². The van der Waals surface area contributed by atoms with E-state index >= 15 is 0 Å². The van der Waals surface area contributed by atoms with Gasteiger partial charge in [0.05, 0.1) is 13.1 Å². The van der Waals surface area contributed by atoms with Gasteiger partial charge in [-0.25, -0.2) is 9.69 Å². The summed E-state index contributed by atoms with van der Waals surface area (Å²) in [6.45, 7) is 2.52. The lowest BCUT2D eigenvalue weighted by atomic mass is 10.00. The van der Waals surface area contributed by atoms with E-state index in [0.29, 0.717) is 13.2 Å². The first-order valence-corrected chi connectivity index (χ1v) is 7.18. The highest BCUT2D eigenvalue weighted by atomic mass is 16.6. The molecule has 0 aromatic heterocycles. The van der Waals surface area contributed by atoms with E-state index in [-0.39, 0.29) is 12.5 Å². The number of carbonyl (C=O) groups is 2. The predicted octanol–water partition coefficient (Wildman–Crippen LogP) is 1.75. The van der Waals surface area contributed by atoms with Crippen LogP contribution in [0.15, 0.2) is 36.4 Å². The molecule has 1 saturated heterocycles. The number of ether oxygens (including phenoxy) is 1. The van der Waals surface area contributed by atoms with E-state index in [1.165, 1.54) is 16.0 Å². The summed E-state index contributed by atoms with van der Waals surface area (Å²) in [7, 11) is 0. The molecule has 0 bridgehead atoms. The molecule has 0 radical (unpaired) electrons. The minimum atomic E-state index is -0.516. The maximum Gasteiger partial charge on any atom is 0.416 e. The molecule has 0 unspecified atom stereocenters. The van der Waals surface area contributed by atoms with Crippen LogP contribution in [0.1, 0.15) is 12.0 Å². The summed E-state index contributed by atoms with van der Waals surface area (Å²) in [5.41, 5.74) is 2.56. The van der Waals surface area contributed by atoms with Crippen molar-refractivity contribution < 1.29 is 14.3 Å². The summed E-state index contributed by atoms with van der Waals surface area (Å²) in [5, 5.41) is 0. The van der Waals surface area contributed by atoms with Crippen LogP contribution >= 0.6 is 0 Å². The smallest absolute Gasteiger partial charge is 0.416 e. The van der Waals surface area contributed by atoms with Crippen molar-refractivity contribution in [2.75, 3.05) is 32.8 Å². The van der Waals surface area contributed by atoms with E-state index < -0.39 is 6.09 Å². The van der Waals surface area contributed by atoms with Crippen molar-refractivity contribution in [3.63, 3.8) is 0 Å². The van der Waals surface area contributed by atoms with Gasteiger partial charge < -0.3 is 4.74 Å². The Bertz CT molecular complexity index is 568. The number of hydrogen-bond acceptors (Lipinski definition) is 4. The molecule has 0 N–H and O–H groups in total. The first-order chi connectivity index (χ1) is 10.2. The molecule has 0 saturated carbocycles. The summed E-state index contributed by atoms with van der Waals surface area (Å²) >= 11 is 0. The Morgan fingerprint density at radius 2 is 2.00 bits per heavy atom. The fraction of sp³-hybridized carbons (Fsp3) is 0.375. The first-order valence-electron chi connectivity index (χ1n) is 7.18. The van der Waals surface area contributed by atoms with Gasteiger partial charge in [0.1, 0.15) is 6.61 Å². The molecule has 0 atom stereocenters. The zero-order valence-corrected chi connectivity index (χ0v) is 11.8. The molecule has 21 heavy (non-hydrogen) atoms. The largest absolute Gasteiger partial charge is 0.447 e. The third-order valence-electron chi connectivity index (χ3n) is 3.86. The lowest BCUT2D eigenvalue weighted by molar-refractivity contribution is -0.128. The number of imide groups is 1. The van der Waals surface area contributed by atoms with Crippen molar-refractivity contribution in [1.82, 2.24) is 9.80 Å². The second kappa shape index (κ2) is 6.10. The highest BCUT2D eigenvalue weighted by Crippen LogP contribution is 2.22. The standard InChI is InChI=1S/C16H18N2O3/c19-15(18-10-11-21-16(18)20)12-17-8-6-14(7-9-17)13-4-2-1-3-5-13/h1-6H,7-12H2. The molecule has 0 spiro atoms. The van der Waals surface area contributed by atoms with Crippen LogP contribution in [0.2, 0.25) is 0 Å². The molecule has 1 aromatic rings. The maximum absolute atomic E-state index is 12.0. The van der Waals surface area contributed by atoms with Crippen LogP contribution in [0.4, 0.5) is 4.79 Å². The fourth-order valence-electron chi connectivity index (χ4n) is 2.67. The van der Waals surface area contributed by atoms with E-state index in [0.717, 1.165) is 19.5 Å². The van der Waals surface area contributed by atoms with Gasteiger partial charge in [-0.3, -0.25) is 9.69 Å². The molecule has 1 aromatic carbocycles. The van der Waals surface area contributed by atoms with Crippen molar-refractivity contribution in [3.8, 4) is 0 Å². The summed E-state index contributed by atoms with van der Waals surface area (Å²) in [6, 6.07) is 10.3. The van der Waals surface area contributed by atoms with Crippen LogP contribution in [0.3, 0.4) is 0 Å². The van der Waals surface area contributed by atoms with E-state index in [4.69, 9.17) is 4.74 Å². The molecular formula is C16H18N2O3. The monoisotopic (exact) mass is 286 g/mol. The van der Waals surface area contributed by atoms with Crippen molar-refractivity contribution in [1.29, 1.82) is 0 Å². The molecule has 110 valence electrons. The average Bonchev–Trinajstić information content (AvgIpc) is 2.95. The molecule has 2 aliphatic heterocycles. The highest BCUT2D eigenvalue weighted by molar-refractivity contribution is 5.94. The second-order valence-electron chi connectivity index (χ2n) is 5.24. The number of rotatable bonds is 3. The molecular weight excluding hydrogens is 268 g/mol. The summed E-state index contributed by atoms with van der Waals surface area (Å²) in [6.07, 6.45) is 2.56. The third-order valence-corrected chi connectivity index (χ3v) is 3.86. The lowest BCUT2D eigenvalue weighted by Crippen LogP contribution is -2.42. The zero-order valence-electron chi connectivity index (χ0n) is 11.8. The van der Waals surface area contributed by atoms with Gasteiger partial charge in [0, 0.05) is 13.1 Å². The van der Waals surface area contributed by atoms with Gasteiger partial charge >= 0.3 is 6.09 Å². The number of benzene rings is 1. The molecule has 3 rings (SSSR count). The van der Waals surface area contributed by atoms with Crippen LogP contribution in [0.25, 0.3) is 5.57 Å². The van der Waals surface area contributed by atoms with Crippen molar-refractivity contribution in [2.24, 2.45) is 0 Å². The molecule has 2 heterocycles. The van der Waals surface area contributed by atoms with E-state index in [2.05, 4.69) is 23.1 Å². The minimum absolute atomic E-state index is 0.172. The second-order valence-corrected chi connectivity index (χ2v) is 5.24. The maximum atomic E-state index is 12.0. The quantitative estimate of drug-likeness (QED) is 0.849. The highest BCUT2D eigenvalue weighted by Gasteiger charge is 2.29. The Hall–Kier alpha value is -2.14. The van der Waals surface area contributed by atoms with Gasteiger partial charge in [0.2, 0.25) is 5.91 Å². The van der Waals surface area contributed by atoms with Crippen molar-refractivity contribution in [2.45, 2.75) is 6.42 Å². The summed E-state index contributed by atoms with van der Waals surface area (Å²) in [4.78, 5) is 26.6. The Balaban J connectivity index is 1.57. The topological polar surface area (TPSA) is 49.9 Å². The molecule has 2 amide bonds. The zero-order chi connectivity index (χ0) is 14.7. The van der Waals surface area contributed by atoms with Crippen molar-refractivity contribution >= 4 is 17.6 Å². The van der Waals surface area contributed by atoms with Crippen LogP contribution < -0.4 is 0 Å². The van der Waals surface area contributed by atoms with E-state index in [1.807, 2.05) is 18.2 Å². The third kappa shape index (κ3) is 3.13.